The van der Waals surface area contributed by atoms with Gasteiger partial charge in [0, 0.05) is 11.1 Å². The molecule has 1 atom stereocenters. The molecule has 1 amide bonds. The molecule has 1 aromatic heterocycles. The van der Waals surface area contributed by atoms with Gasteiger partial charge in [-0.1, -0.05) is 12.1 Å². The fourth-order valence-corrected chi connectivity index (χ4v) is 2.53. The Balaban J connectivity index is 0.00000249. The number of alkyl halides is 3. The van der Waals surface area contributed by atoms with E-state index in [0.29, 0.717) is 5.56 Å². The van der Waals surface area contributed by atoms with Crippen LogP contribution in [0.15, 0.2) is 24.4 Å². The predicted octanol–water partition coefficient (Wildman–Crippen LogP) is 1.06. The molecule has 32 heavy (non-hydrogen) atoms. The largest absolute Gasteiger partial charge is 0.428 e. The summed E-state index contributed by atoms with van der Waals surface area (Å²) in [5.74, 6) is -0.965. The van der Waals surface area contributed by atoms with Crippen LogP contribution in [0.3, 0.4) is 0 Å². The first-order valence-corrected chi connectivity index (χ1v) is 9.26. The summed E-state index contributed by atoms with van der Waals surface area (Å²) in [6.07, 6.45) is -4.68. The van der Waals surface area contributed by atoms with E-state index in [1.807, 2.05) is 0 Å². The Kier molecular flexibility index (Phi) is 8.44. The van der Waals surface area contributed by atoms with E-state index in [4.69, 9.17) is 5.73 Å². The fraction of sp³-hybridized carbons (Fsp3) is 0.400. The van der Waals surface area contributed by atoms with E-state index in [1.54, 1.807) is 20.8 Å². The van der Waals surface area contributed by atoms with Crippen molar-refractivity contribution in [3.8, 4) is 11.3 Å². The van der Waals surface area contributed by atoms with Crippen molar-refractivity contribution in [2.75, 3.05) is 19.4 Å². The molecule has 0 radical (unpaired) electrons. The summed E-state index contributed by atoms with van der Waals surface area (Å²) in [5, 5.41) is 21.7. The molecule has 0 fully saturated rings. The predicted molar refractivity (Wildman–Crippen MR) is 111 cm³/mol. The van der Waals surface area contributed by atoms with Crippen molar-refractivity contribution >= 4 is 18.0 Å². The number of carbonyl (C=O) groups is 2. The van der Waals surface area contributed by atoms with Gasteiger partial charge in [0.05, 0.1) is 24.0 Å². The summed E-state index contributed by atoms with van der Waals surface area (Å²) in [6.45, 7) is 4.32. The molecule has 0 saturated carbocycles. The Morgan fingerprint density at radius 1 is 1.25 bits per heavy atom. The maximum atomic E-state index is 13.2. The highest BCUT2D eigenvalue weighted by Gasteiger charge is 2.55. The lowest BCUT2D eigenvalue weighted by molar-refractivity contribution is -0.249. The fourth-order valence-electron chi connectivity index (χ4n) is 2.53. The topological polar surface area (TPSA) is 164 Å². The summed E-state index contributed by atoms with van der Waals surface area (Å²) in [7, 11) is 1.50. The van der Waals surface area contributed by atoms with Crippen LogP contribution in [0.2, 0.25) is 0 Å². The standard InChI is InChI=1S/C19H21F3N4O4.CH5N/c1-10-4-5-11(18(30,9-28)19(20,21)22)6-12(10)13-7-24-15(23)14(25-13)16(29)26-17(2,3)8-27;1-2/h4-7,9,27,30H,8H2,1-3H3,(H2,23,24)(H,26,29);2H2,1H3. The van der Waals surface area contributed by atoms with Crippen molar-refractivity contribution in [1.82, 2.24) is 15.3 Å². The molecule has 0 saturated heterocycles. The van der Waals surface area contributed by atoms with Crippen LogP contribution in [0.1, 0.15) is 35.5 Å². The van der Waals surface area contributed by atoms with Gasteiger partial charge in [-0.3, -0.25) is 9.59 Å². The minimum Gasteiger partial charge on any atom is -0.394 e. The third-order valence-corrected chi connectivity index (χ3v) is 4.42. The smallest absolute Gasteiger partial charge is 0.394 e. The maximum absolute atomic E-state index is 13.2. The van der Waals surface area contributed by atoms with Crippen molar-refractivity contribution in [3.63, 3.8) is 0 Å². The SMILES string of the molecule is CN.Cc1ccc(C(O)(C=O)C(F)(F)F)cc1-c1cnc(N)c(C(=O)NC(C)(C)CO)n1. The van der Waals surface area contributed by atoms with Gasteiger partial charge in [0.1, 0.15) is 0 Å². The number of aliphatic hydroxyl groups excluding tert-OH is 1. The Morgan fingerprint density at radius 2 is 1.84 bits per heavy atom. The zero-order valence-corrected chi connectivity index (χ0v) is 18.0. The molecular formula is C20H26F3N5O4. The number of aromatic nitrogens is 2. The highest BCUT2D eigenvalue weighted by Crippen LogP contribution is 2.39. The maximum Gasteiger partial charge on any atom is 0.428 e. The van der Waals surface area contributed by atoms with Crippen LogP contribution in [0.4, 0.5) is 19.0 Å². The van der Waals surface area contributed by atoms with E-state index < -0.39 is 35.1 Å². The second-order valence-electron chi connectivity index (χ2n) is 7.40. The second kappa shape index (κ2) is 10.0. The van der Waals surface area contributed by atoms with Gasteiger partial charge in [-0.05, 0) is 39.4 Å². The second-order valence-corrected chi connectivity index (χ2v) is 7.40. The lowest BCUT2D eigenvalue weighted by Crippen LogP contribution is -2.46. The highest BCUT2D eigenvalue weighted by atomic mass is 19.4. The molecule has 2 aromatic rings. The first-order chi connectivity index (χ1) is 14.8. The third kappa shape index (κ3) is 5.58. The van der Waals surface area contributed by atoms with Gasteiger partial charge in [0.25, 0.3) is 5.91 Å². The minimum absolute atomic E-state index is 0.00549. The molecule has 1 unspecified atom stereocenters. The number of nitrogen functional groups attached to an aromatic ring is 1. The van der Waals surface area contributed by atoms with E-state index in [9.17, 15) is 33.0 Å². The van der Waals surface area contributed by atoms with Gasteiger partial charge in [-0.15, -0.1) is 0 Å². The van der Waals surface area contributed by atoms with Crippen LogP contribution in [0.5, 0.6) is 0 Å². The number of benzene rings is 1. The minimum atomic E-state index is -5.24. The lowest BCUT2D eigenvalue weighted by Gasteiger charge is -2.26. The number of nitrogens with zero attached hydrogens (tertiary/aromatic N) is 2. The van der Waals surface area contributed by atoms with Crippen molar-refractivity contribution in [3.05, 3.63) is 41.2 Å². The number of halogens is 3. The van der Waals surface area contributed by atoms with Crippen LogP contribution >= 0.6 is 0 Å². The van der Waals surface area contributed by atoms with Crippen LogP contribution < -0.4 is 16.8 Å². The number of hydrogen-bond acceptors (Lipinski definition) is 8. The number of nitrogens with two attached hydrogens (primary N) is 2. The lowest BCUT2D eigenvalue weighted by atomic mass is 9.91. The number of aliphatic hydroxyl groups is 2. The van der Waals surface area contributed by atoms with Gasteiger partial charge in [-0.25, -0.2) is 9.97 Å². The molecule has 0 aliphatic heterocycles. The monoisotopic (exact) mass is 457 g/mol. The van der Waals surface area contributed by atoms with Crippen molar-refractivity contribution in [2.45, 2.75) is 38.1 Å². The van der Waals surface area contributed by atoms with E-state index in [1.165, 1.54) is 13.1 Å². The van der Waals surface area contributed by atoms with E-state index in [0.717, 1.165) is 18.3 Å². The highest BCUT2D eigenvalue weighted by molar-refractivity contribution is 5.97. The van der Waals surface area contributed by atoms with Gasteiger partial charge in [-0.2, -0.15) is 13.2 Å². The molecule has 2 rings (SSSR count). The molecule has 7 N–H and O–H groups in total. The number of hydrogen-bond donors (Lipinski definition) is 5. The van der Waals surface area contributed by atoms with Gasteiger partial charge < -0.3 is 27.0 Å². The van der Waals surface area contributed by atoms with Crippen molar-refractivity contribution < 1.29 is 33.0 Å². The van der Waals surface area contributed by atoms with E-state index >= 15 is 0 Å². The number of rotatable bonds is 6. The van der Waals surface area contributed by atoms with Gasteiger partial charge in [0.15, 0.2) is 17.8 Å². The molecule has 12 heteroatoms. The van der Waals surface area contributed by atoms with Crippen LogP contribution in [-0.2, 0) is 10.4 Å². The summed E-state index contributed by atoms with van der Waals surface area (Å²) in [6, 6.07) is 3.21. The number of aryl methyl sites for hydroxylation is 1. The quantitative estimate of drug-likeness (QED) is 0.402. The number of anilines is 1. The molecule has 9 nitrogen and oxygen atoms in total. The number of aldehydes is 1. The molecule has 1 aromatic carbocycles. The Labute approximate surface area is 182 Å². The van der Waals surface area contributed by atoms with Crippen LogP contribution in [-0.4, -0.2) is 57.7 Å². The molecule has 0 spiro atoms. The summed E-state index contributed by atoms with van der Waals surface area (Å²) in [5.41, 5.74) is 5.09. The Morgan fingerprint density at radius 3 is 2.34 bits per heavy atom. The Hall–Kier alpha value is -3.09. The Bertz CT molecular complexity index is 982. The van der Waals surface area contributed by atoms with Gasteiger partial charge in [0.2, 0.25) is 5.60 Å². The van der Waals surface area contributed by atoms with Crippen molar-refractivity contribution in [1.29, 1.82) is 0 Å². The first kappa shape index (κ1) is 26.9. The molecule has 0 bridgehead atoms. The molecule has 0 aliphatic rings. The normalized spacial score (nSPS) is 13.4. The zero-order chi connectivity index (χ0) is 24.9. The number of amides is 1. The van der Waals surface area contributed by atoms with Gasteiger partial charge >= 0.3 is 6.18 Å². The summed E-state index contributed by atoms with van der Waals surface area (Å²) in [4.78, 5) is 31.5. The molecular weight excluding hydrogens is 431 g/mol. The van der Waals surface area contributed by atoms with Crippen LogP contribution in [0, 0.1) is 6.92 Å². The molecule has 0 aliphatic carbocycles. The summed E-state index contributed by atoms with van der Waals surface area (Å²) >= 11 is 0. The van der Waals surface area contributed by atoms with E-state index in [-0.39, 0.29) is 29.4 Å². The number of carbonyl (C=O) groups excluding carboxylic acids is 2. The average Bonchev–Trinajstić information content (AvgIpc) is 2.74. The third-order valence-electron chi connectivity index (χ3n) is 4.42. The summed E-state index contributed by atoms with van der Waals surface area (Å²) < 4.78 is 39.7. The van der Waals surface area contributed by atoms with Crippen LogP contribution in [0.25, 0.3) is 11.3 Å². The zero-order valence-electron chi connectivity index (χ0n) is 18.0. The average molecular weight is 457 g/mol. The molecule has 1 heterocycles. The molecule has 176 valence electrons. The number of nitrogens with one attached hydrogen (secondary N) is 1. The van der Waals surface area contributed by atoms with Crippen molar-refractivity contribution in [2.24, 2.45) is 5.73 Å². The van der Waals surface area contributed by atoms with E-state index in [2.05, 4.69) is 21.0 Å². The first-order valence-electron chi connectivity index (χ1n) is 9.26.